The van der Waals surface area contributed by atoms with Crippen molar-refractivity contribution in [3.8, 4) is 0 Å². The first-order chi connectivity index (χ1) is 40.0. The zero-order valence-electron chi connectivity index (χ0n) is 53.5. The number of allylic oxidation sites excluding steroid dienone is 16. The van der Waals surface area contributed by atoms with Gasteiger partial charge in [0, 0.05) is 19.3 Å². The van der Waals surface area contributed by atoms with E-state index in [1.165, 1.54) is 186 Å². The molecule has 1 atom stereocenters. The topological polar surface area (TPSA) is 78.9 Å². The summed E-state index contributed by atoms with van der Waals surface area (Å²) < 4.78 is 17.0. The Kier molecular flexibility index (Phi) is 65.7. The maximum Gasteiger partial charge on any atom is 0.306 e. The van der Waals surface area contributed by atoms with Gasteiger partial charge >= 0.3 is 17.9 Å². The number of carbonyl (C=O) groups is 3. The number of carbonyl (C=O) groups excluding carboxylic acids is 3. The van der Waals surface area contributed by atoms with Crippen LogP contribution in [0.5, 0.6) is 0 Å². The average Bonchev–Trinajstić information content (AvgIpc) is 3.47. The third kappa shape index (κ3) is 67.0. The van der Waals surface area contributed by atoms with Gasteiger partial charge in [-0.2, -0.15) is 0 Å². The van der Waals surface area contributed by atoms with E-state index in [4.69, 9.17) is 14.2 Å². The molecule has 0 aliphatic heterocycles. The first-order valence-corrected chi connectivity index (χ1v) is 34.7. The Labute approximate surface area is 502 Å². The van der Waals surface area contributed by atoms with Crippen LogP contribution in [0.1, 0.15) is 342 Å². The summed E-state index contributed by atoms with van der Waals surface area (Å²) in [6, 6.07) is 0. The maximum absolute atomic E-state index is 13.0. The quantitative estimate of drug-likeness (QED) is 0.0261. The second-order valence-electron chi connectivity index (χ2n) is 23.1. The monoisotopic (exact) mass is 1130 g/mol. The van der Waals surface area contributed by atoms with Crippen LogP contribution in [-0.4, -0.2) is 37.2 Å². The van der Waals surface area contributed by atoms with Gasteiger partial charge in [-0.05, 0) is 103 Å². The third-order valence-electron chi connectivity index (χ3n) is 15.1. The molecule has 6 nitrogen and oxygen atoms in total. The van der Waals surface area contributed by atoms with Crippen LogP contribution >= 0.6 is 0 Å². The molecule has 466 valence electrons. The molecule has 0 saturated heterocycles. The summed E-state index contributed by atoms with van der Waals surface area (Å²) in [5.74, 6) is -0.898. The molecule has 0 aromatic rings. The molecular weight excluding hydrogens is 997 g/mol. The van der Waals surface area contributed by atoms with Gasteiger partial charge in [-0.1, -0.05) is 317 Å². The number of unbranched alkanes of at least 4 members (excludes halogenated alkanes) is 36. The Balaban J connectivity index is 4.42. The van der Waals surface area contributed by atoms with Crippen molar-refractivity contribution in [3.63, 3.8) is 0 Å². The summed E-state index contributed by atoms with van der Waals surface area (Å²) in [5, 5.41) is 0. The summed E-state index contributed by atoms with van der Waals surface area (Å²) in [7, 11) is 0. The van der Waals surface area contributed by atoms with E-state index >= 15 is 0 Å². The Hall–Kier alpha value is -3.67. The predicted octanol–water partition coefficient (Wildman–Crippen LogP) is 24.0. The smallest absolute Gasteiger partial charge is 0.306 e. The Morgan fingerprint density at radius 2 is 0.481 bits per heavy atom. The molecule has 0 saturated carbocycles. The highest BCUT2D eigenvalue weighted by Gasteiger charge is 2.19. The molecule has 0 aromatic heterocycles. The molecule has 0 spiro atoms. The number of hydrogen-bond acceptors (Lipinski definition) is 6. The molecule has 0 heterocycles. The molecule has 81 heavy (non-hydrogen) atoms. The summed E-state index contributed by atoms with van der Waals surface area (Å²) in [6.45, 7) is 6.53. The van der Waals surface area contributed by atoms with E-state index in [2.05, 4.69) is 118 Å². The molecule has 0 bridgehead atoms. The molecule has 0 N–H and O–H groups in total. The van der Waals surface area contributed by atoms with Gasteiger partial charge in [0.15, 0.2) is 6.10 Å². The van der Waals surface area contributed by atoms with Crippen LogP contribution in [0.15, 0.2) is 97.2 Å². The van der Waals surface area contributed by atoms with Crippen molar-refractivity contribution in [2.24, 2.45) is 0 Å². The number of rotatable bonds is 63. The van der Waals surface area contributed by atoms with E-state index in [1.807, 2.05) is 0 Å². The minimum absolute atomic E-state index is 0.0856. The summed E-state index contributed by atoms with van der Waals surface area (Å²) in [4.78, 5) is 38.5. The van der Waals surface area contributed by atoms with Crippen molar-refractivity contribution < 1.29 is 28.6 Å². The zero-order chi connectivity index (χ0) is 58.5. The van der Waals surface area contributed by atoms with Crippen molar-refractivity contribution in [1.29, 1.82) is 0 Å². The minimum Gasteiger partial charge on any atom is -0.462 e. The summed E-state index contributed by atoms with van der Waals surface area (Å²) >= 11 is 0. The Bertz CT molecular complexity index is 1580. The molecule has 0 aliphatic rings. The van der Waals surface area contributed by atoms with E-state index in [0.29, 0.717) is 19.3 Å². The van der Waals surface area contributed by atoms with Gasteiger partial charge in [-0.25, -0.2) is 0 Å². The van der Waals surface area contributed by atoms with Crippen LogP contribution in [0.4, 0.5) is 0 Å². The van der Waals surface area contributed by atoms with E-state index in [9.17, 15) is 14.4 Å². The van der Waals surface area contributed by atoms with Gasteiger partial charge in [-0.3, -0.25) is 14.4 Å². The van der Waals surface area contributed by atoms with Crippen LogP contribution in [-0.2, 0) is 28.6 Å². The van der Waals surface area contributed by atoms with Crippen LogP contribution in [0.25, 0.3) is 0 Å². The molecule has 1 unspecified atom stereocenters. The third-order valence-corrected chi connectivity index (χ3v) is 15.1. The lowest BCUT2D eigenvalue weighted by Gasteiger charge is -2.18. The lowest BCUT2D eigenvalue weighted by molar-refractivity contribution is -0.167. The molecule has 0 amide bonds. The van der Waals surface area contributed by atoms with Gasteiger partial charge < -0.3 is 14.2 Å². The summed E-state index contributed by atoms with van der Waals surface area (Å²) in [5.41, 5.74) is 0. The van der Waals surface area contributed by atoms with Gasteiger partial charge in [0.2, 0.25) is 0 Å². The second kappa shape index (κ2) is 68.8. The van der Waals surface area contributed by atoms with E-state index in [0.717, 1.165) is 116 Å². The fourth-order valence-corrected chi connectivity index (χ4v) is 9.89. The molecule has 0 fully saturated rings. The summed E-state index contributed by atoms with van der Waals surface area (Å²) in [6.07, 6.45) is 92.7. The normalized spacial score (nSPS) is 12.7. The second-order valence-corrected chi connectivity index (χ2v) is 23.1. The molecule has 0 rings (SSSR count). The van der Waals surface area contributed by atoms with E-state index in [1.54, 1.807) is 0 Å². The molecule has 0 aliphatic carbocycles. The van der Waals surface area contributed by atoms with Crippen molar-refractivity contribution in [2.45, 2.75) is 348 Å². The number of esters is 3. The van der Waals surface area contributed by atoms with Gasteiger partial charge in [0.05, 0.1) is 0 Å². The molecular formula is C75H130O6. The predicted molar refractivity (Wildman–Crippen MR) is 353 cm³/mol. The van der Waals surface area contributed by atoms with E-state index in [-0.39, 0.29) is 31.1 Å². The Morgan fingerprint density at radius 1 is 0.259 bits per heavy atom. The highest BCUT2D eigenvalue weighted by Crippen LogP contribution is 2.17. The highest BCUT2D eigenvalue weighted by molar-refractivity contribution is 5.71. The van der Waals surface area contributed by atoms with Gasteiger partial charge in [0.1, 0.15) is 13.2 Å². The van der Waals surface area contributed by atoms with Gasteiger partial charge in [-0.15, -0.1) is 0 Å². The van der Waals surface area contributed by atoms with Crippen LogP contribution in [0.2, 0.25) is 0 Å². The zero-order valence-corrected chi connectivity index (χ0v) is 53.5. The first kappa shape index (κ1) is 77.3. The lowest BCUT2D eigenvalue weighted by Crippen LogP contribution is -2.30. The van der Waals surface area contributed by atoms with Crippen LogP contribution in [0.3, 0.4) is 0 Å². The van der Waals surface area contributed by atoms with Crippen molar-refractivity contribution in [3.05, 3.63) is 97.2 Å². The fourth-order valence-electron chi connectivity index (χ4n) is 9.89. The van der Waals surface area contributed by atoms with Crippen LogP contribution < -0.4 is 0 Å². The Morgan fingerprint density at radius 3 is 0.778 bits per heavy atom. The van der Waals surface area contributed by atoms with Crippen LogP contribution in [0, 0.1) is 0 Å². The standard InChI is InChI=1S/C75H130O6/c1-4-7-10-13-16-19-22-25-28-31-34-36-37-39-41-44-47-50-53-56-59-62-65-68-74(77)80-71-72(70-79-73(76)67-64-61-58-55-52-49-46-43-40-33-30-27-24-21-18-15-12-9-6-3)81-75(78)69-66-63-60-57-54-51-48-45-42-38-35-32-29-26-23-20-17-14-11-8-5-2/h7,10,16,18-19,21,25,27-28,30,34,36,39,41,47,50,72H,4-6,8-9,11-15,17,20,22-24,26,29,31-33,35,37-38,40,42-46,48-49,51-71H2,1-3H3/b10-7-,19-16-,21-18-,28-25-,30-27-,36-34-,41-39-,50-47-. The van der Waals surface area contributed by atoms with Crippen molar-refractivity contribution in [2.75, 3.05) is 13.2 Å². The van der Waals surface area contributed by atoms with Gasteiger partial charge in [0.25, 0.3) is 0 Å². The number of hydrogen-bond donors (Lipinski definition) is 0. The lowest BCUT2D eigenvalue weighted by atomic mass is 10.0. The van der Waals surface area contributed by atoms with Crippen molar-refractivity contribution in [1.82, 2.24) is 0 Å². The highest BCUT2D eigenvalue weighted by atomic mass is 16.6. The molecule has 6 heteroatoms. The number of ether oxygens (including phenoxy) is 3. The maximum atomic E-state index is 13.0. The fraction of sp³-hybridized carbons (Fsp3) is 0.747. The largest absolute Gasteiger partial charge is 0.462 e. The molecule has 0 radical (unpaired) electrons. The van der Waals surface area contributed by atoms with Crippen molar-refractivity contribution >= 4 is 17.9 Å². The molecule has 0 aromatic carbocycles. The average molecular weight is 1130 g/mol. The first-order valence-electron chi connectivity index (χ1n) is 34.7. The SMILES string of the molecule is CC/C=C\C/C=C\C/C=C\C/C=C\C/C=C\C/C=C\CCCCCCC(=O)OCC(COC(=O)CCCCCCCCCCC/C=C\C/C=C\CCCCC)OC(=O)CCCCCCCCCCCCCCCCCCCCCCC. The minimum atomic E-state index is -0.792. The van der Waals surface area contributed by atoms with E-state index < -0.39 is 6.10 Å².